The maximum atomic E-state index is 12.5. The molecule has 0 amide bonds. The van der Waals surface area contributed by atoms with Crippen molar-refractivity contribution in [2.45, 2.75) is 31.5 Å². The van der Waals surface area contributed by atoms with Crippen LogP contribution in [0.15, 0.2) is 35.3 Å². The topological polar surface area (TPSA) is 91.9 Å². The highest BCUT2D eigenvalue weighted by Gasteiger charge is 2.43. The molecule has 1 aromatic heterocycles. The van der Waals surface area contributed by atoms with Crippen LogP contribution in [-0.4, -0.2) is 44.8 Å². The van der Waals surface area contributed by atoms with Crippen LogP contribution in [0, 0.1) is 6.92 Å². The van der Waals surface area contributed by atoms with E-state index >= 15 is 0 Å². The molecule has 3 rings (SSSR count). The fourth-order valence-electron chi connectivity index (χ4n) is 2.76. The Morgan fingerprint density at radius 1 is 1.19 bits per heavy atom. The zero-order chi connectivity index (χ0) is 15.1. The molecule has 0 spiro atoms. The second-order valence-electron chi connectivity index (χ2n) is 5.29. The van der Waals surface area contributed by atoms with Crippen LogP contribution in [0.4, 0.5) is 0 Å². The smallest absolute Gasteiger partial charge is 0.260 e. The van der Waals surface area contributed by atoms with Crippen LogP contribution < -0.4 is 5.56 Å². The second-order valence-corrected chi connectivity index (χ2v) is 5.29. The van der Waals surface area contributed by atoms with Crippen molar-refractivity contribution in [1.82, 2.24) is 4.57 Å². The number of aryl methyl sites for hydroxylation is 1. The van der Waals surface area contributed by atoms with Crippen molar-refractivity contribution in [1.29, 1.82) is 0 Å². The van der Waals surface area contributed by atoms with Gasteiger partial charge in [-0.1, -0.05) is 12.1 Å². The number of nitrogens with zero attached hydrogens (tertiary/aromatic N) is 1. The molecule has 4 atom stereocenters. The van der Waals surface area contributed by atoms with Gasteiger partial charge in [-0.05, 0) is 30.0 Å². The van der Waals surface area contributed by atoms with Gasteiger partial charge in [0.05, 0.1) is 6.61 Å². The Morgan fingerprint density at radius 2 is 1.95 bits per heavy atom. The summed E-state index contributed by atoms with van der Waals surface area (Å²) in [6.45, 7) is 1.49. The molecule has 0 unspecified atom stereocenters. The molecular weight excluding hydrogens is 274 g/mol. The lowest BCUT2D eigenvalue weighted by atomic mass is 10.1. The van der Waals surface area contributed by atoms with Crippen molar-refractivity contribution in [2.75, 3.05) is 6.61 Å². The van der Waals surface area contributed by atoms with Gasteiger partial charge in [0, 0.05) is 11.6 Å². The molecule has 112 valence electrons. The number of aromatic nitrogens is 1. The Morgan fingerprint density at radius 3 is 2.62 bits per heavy atom. The third-order valence-electron chi connectivity index (χ3n) is 3.98. The first-order chi connectivity index (χ1) is 10.0. The number of hydrogen-bond acceptors (Lipinski definition) is 5. The minimum absolute atomic E-state index is 0.300. The van der Waals surface area contributed by atoms with Gasteiger partial charge in [0.25, 0.3) is 5.56 Å². The lowest BCUT2D eigenvalue weighted by Gasteiger charge is -2.18. The summed E-state index contributed by atoms with van der Waals surface area (Å²) in [6.07, 6.45) is -2.85. The second kappa shape index (κ2) is 5.23. The summed E-state index contributed by atoms with van der Waals surface area (Å²) in [6, 6.07) is 7.20. The average molecular weight is 291 g/mol. The maximum Gasteiger partial charge on any atom is 0.260 e. The van der Waals surface area contributed by atoms with Crippen molar-refractivity contribution in [2.24, 2.45) is 0 Å². The van der Waals surface area contributed by atoms with Crippen LogP contribution in [0.5, 0.6) is 0 Å². The van der Waals surface area contributed by atoms with Gasteiger partial charge in [-0.25, -0.2) is 0 Å². The predicted octanol–water partition coefficient (Wildman–Crippen LogP) is -0.0786. The third-order valence-corrected chi connectivity index (χ3v) is 3.98. The normalized spacial score (nSPS) is 29.1. The Balaban J connectivity index is 2.10. The van der Waals surface area contributed by atoms with Crippen molar-refractivity contribution in [3.05, 3.63) is 46.4 Å². The lowest BCUT2D eigenvalue weighted by molar-refractivity contribution is -0.0541. The minimum Gasteiger partial charge on any atom is -0.394 e. The summed E-state index contributed by atoms with van der Waals surface area (Å²) in [5.41, 5.74) is 0.684. The number of fused-ring (bicyclic) bond motifs is 1. The van der Waals surface area contributed by atoms with E-state index in [4.69, 9.17) is 9.84 Å². The van der Waals surface area contributed by atoms with E-state index in [1.807, 2.05) is 13.0 Å². The molecule has 0 radical (unpaired) electrons. The van der Waals surface area contributed by atoms with Gasteiger partial charge in [0.2, 0.25) is 0 Å². The first kappa shape index (κ1) is 14.2. The molecule has 1 aromatic carbocycles. The summed E-state index contributed by atoms with van der Waals surface area (Å²) in [4.78, 5) is 12.5. The Hall–Kier alpha value is -1.73. The van der Waals surface area contributed by atoms with E-state index in [1.54, 1.807) is 18.2 Å². The molecule has 0 saturated carbocycles. The average Bonchev–Trinajstić information content (AvgIpc) is 2.76. The van der Waals surface area contributed by atoms with E-state index in [0.717, 1.165) is 10.9 Å². The molecule has 0 aliphatic carbocycles. The van der Waals surface area contributed by atoms with Gasteiger partial charge in [-0.3, -0.25) is 9.36 Å². The van der Waals surface area contributed by atoms with Gasteiger partial charge >= 0.3 is 0 Å². The van der Waals surface area contributed by atoms with Crippen LogP contribution in [0.3, 0.4) is 0 Å². The quantitative estimate of drug-likeness (QED) is 0.720. The molecular formula is C15H17NO5. The monoisotopic (exact) mass is 291 g/mol. The van der Waals surface area contributed by atoms with Gasteiger partial charge < -0.3 is 20.1 Å². The van der Waals surface area contributed by atoms with Crippen molar-refractivity contribution in [3.63, 3.8) is 0 Å². The van der Waals surface area contributed by atoms with Gasteiger partial charge in [-0.2, -0.15) is 0 Å². The van der Waals surface area contributed by atoms with Gasteiger partial charge in [0.1, 0.15) is 18.3 Å². The molecule has 1 fully saturated rings. The fraction of sp³-hybridized carbons (Fsp3) is 0.400. The van der Waals surface area contributed by atoms with Gasteiger partial charge in [0.15, 0.2) is 6.23 Å². The number of rotatable bonds is 2. The van der Waals surface area contributed by atoms with Gasteiger partial charge in [-0.15, -0.1) is 0 Å². The standard InChI is InChI=1S/C15H17NO5/c1-8-3-2-4-10-9(8)5-6-16(14(10)20)15-13(19)12(18)11(7-17)21-15/h2-6,11-13,15,17-19H,7H2,1H3/t11-,12-,13-,15-/m1/s1. The summed E-state index contributed by atoms with van der Waals surface area (Å²) < 4.78 is 6.65. The Kier molecular flexibility index (Phi) is 3.54. The summed E-state index contributed by atoms with van der Waals surface area (Å²) in [5.74, 6) is 0. The van der Waals surface area contributed by atoms with Crippen molar-refractivity contribution in [3.8, 4) is 0 Å². The van der Waals surface area contributed by atoms with Crippen molar-refractivity contribution >= 4 is 10.8 Å². The summed E-state index contributed by atoms with van der Waals surface area (Å²) in [5, 5.41) is 30.3. The molecule has 6 nitrogen and oxygen atoms in total. The number of aliphatic hydroxyl groups excluding tert-OH is 3. The highest BCUT2D eigenvalue weighted by atomic mass is 16.6. The molecule has 6 heteroatoms. The number of benzene rings is 1. The predicted molar refractivity (Wildman–Crippen MR) is 76.0 cm³/mol. The van der Waals surface area contributed by atoms with E-state index in [2.05, 4.69) is 0 Å². The number of pyridine rings is 1. The highest BCUT2D eigenvalue weighted by Crippen LogP contribution is 2.28. The fourth-order valence-corrected chi connectivity index (χ4v) is 2.76. The largest absolute Gasteiger partial charge is 0.394 e. The first-order valence-corrected chi connectivity index (χ1v) is 6.77. The third kappa shape index (κ3) is 2.16. The van der Waals surface area contributed by atoms with Crippen molar-refractivity contribution < 1.29 is 20.1 Å². The Labute approximate surface area is 120 Å². The molecule has 3 N–H and O–H groups in total. The van der Waals surface area contributed by atoms with Crippen LogP contribution >= 0.6 is 0 Å². The van der Waals surface area contributed by atoms with E-state index in [-0.39, 0.29) is 5.56 Å². The number of hydrogen-bond donors (Lipinski definition) is 3. The summed E-state index contributed by atoms with van der Waals surface area (Å²) in [7, 11) is 0. The molecule has 2 aromatic rings. The van der Waals surface area contributed by atoms with Crippen LogP contribution in [0.25, 0.3) is 10.8 Å². The zero-order valence-electron chi connectivity index (χ0n) is 11.5. The molecule has 21 heavy (non-hydrogen) atoms. The molecule has 1 aliphatic rings. The highest BCUT2D eigenvalue weighted by molar-refractivity contribution is 5.84. The van der Waals surface area contributed by atoms with Crippen LogP contribution in [0.2, 0.25) is 0 Å². The molecule has 1 aliphatic heterocycles. The van der Waals surface area contributed by atoms with E-state index in [0.29, 0.717) is 5.39 Å². The van der Waals surface area contributed by atoms with E-state index in [9.17, 15) is 15.0 Å². The van der Waals surface area contributed by atoms with Crippen LogP contribution in [0.1, 0.15) is 11.8 Å². The summed E-state index contributed by atoms with van der Waals surface area (Å²) >= 11 is 0. The molecule has 0 bridgehead atoms. The number of ether oxygens (including phenoxy) is 1. The number of aliphatic hydroxyl groups is 3. The van der Waals surface area contributed by atoms with Crippen LogP contribution in [-0.2, 0) is 4.74 Å². The molecule has 1 saturated heterocycles. The zero-order valence-corrected chi connectivity index (χ0v) is 11.5. The SMILES string of the molecule is Cc1cccc2c(=O)n([C@@H]3O[C@H](CO)[C@@H](O)[C@H]3O)ccc12. The lowest BCUT2D eigenvalue weighted by Crippen LogP contribution is -2.35. The molecule has 2 heterocycles. The first-order valence-electron chi connectivity index (χ1n) is 6.77. The maximum absolute atomic E-state index is 12.5. The Bertz CT molecular complexity index is 726. The van der Waals surface area contributed by atoms with E-state index < -0.39 is 31.1 Å². The minimum atomic E-state index is -1.26. The van der Waals surface area contributed by atoms with E-state index in [1.165, 1.54) is 10.8 Å².